The molecule has 0 radical (unpaired) electrons. The van der Waals surface area contributed by atoms with E-state index in [-0.39, 0.29) is 0 Å². The standard InChI is InChI=1S/C9H5Cl2NS/c10-7-4-2-1-3-6(7)8-5-9(11)12-13-8/h1-5H. The van der Waals surface area contributed by atoms with Gasteiger partial charge in [-0.2, -0.15) is 4.37 Å². The van der Waals surface area contributed by atoms with Gasteiger partial charge in [0.05, 0.1) is 4.88 Å². The lowest BCUT2D eigenvalue weighted by Gasteiger charge is -1.97. The van der Waals surface area contributed by atoms with Gasteiger partial charge < -0.3 is 0 Å². The van der Waals surface area contributed by atoms with Crippen LogP contribution in [-0.2, 0) is 0 Å². The van der Waals surface area contributed by atoms with Crippen molar-refractivity contribution in [3.8, 4) is 10.4 Å². The second kappa shape index (κ2) is 3.66. The van der Waals surface area contributed by atoms with Crippen LogP contribution in [0.2, 0.25) is 10.2 Å². The Bertz CT molecular complexity index is 425. The van der Waals surface area contributed by atoms with Gasteiger partial charge in [0.15, 0.2) is 0 Å². The third kappa shape index (κ3) is 1.85. The van der Waals surface area contributed by atoms with Crippen LogP contribution in [0.1, 0.15) is 0 Å². The fraction of sp³-hybridized carbons (Fsp3) is 0. The van der Waals surface area contributed by atoms with Crippen LogP contribution in [0.4, 0.5) is 0 Å². The van der Waals surface area contributed by atoms with Crippen LogP contribution in [0.25, 0.3) is 10.4 Å². The van der Waals surface area contributed by atoms with E-state index in [0.717, 1.165) is 15.5 Å². The Morgan fingerprint density at radius 1 is 1.15 bits per heavy atom. The van der Waals surface area contributed by atoms with E-state index in [4.69, 9.17) is 23.2 Å². The summed E-state index contributed by atoms with van der Waals surface area (Å²) in [6.45, 7) is 0. The highest BCUT2D eigenvalue weighted by molar-refractivity contribution is 7.10. The van der Waals surface area contributed by atoms with Gasteiger partial charge in [-0.15, -0.1) is 0 Å². The van der Waals surface area contributed by atoms with Crippen molar-refractivity contribution in [3.63, 3.8) is 0 Å². The van der Waals surface area contributed by atoms with Crippen LogP contribution in [0.15, 0.2) is 30.3 Å². The highest BCUT2D eigenvalue weighted by Crippen LogP contribution is 2.31. The van der Waals surface area contributed by atoms with Gasteiger partial charge in [-0.3, -0.25) is 0 Å². The summed E-state index contributed by atoms with van der Waals surface area (Å²) >= 11 is 13.1. The van der Waals surface area contributed by atoms with Crippen LogP contribution in [-0.4, -0.2) is 4.37 Å². The van der Waals surface area contributed by atoms with Gasteiger partial charge >= 0.3 is 0 Å². The summed E-state index contributed by atoms with van der Waals surface area (Å²) in [6.07, 6.45) is 0. The molecule has 1 aromatic carbocycles. The smallest absolute Gasteiger partial charge is 0.143 e. The summed E-state index contributed by atoms with van der Waals surface area (Å²) in [5.41, 5.74) is 0.980. The Hall–Kier alpha value is -0.570. The molecular weight excluding hydrogens is 225 g/mol. The van der Waals surface area contributed by atoms with Crippen molar-refractivity contribution in [2.75, 3.05) is 0 Å². The van der Waals surface area contributed by atoms with Gasteiger partial charge in [-0.05, 0) is 23.7 Å². The summed E-state index contributed by atoms with van der Waals surface area (Å²) in [4.78, 5) is 0.996. The zero-order valence-corrected chi connectivity index (χ0v) is 8.83. The van der Waals surface area contributed by atoms with Gasteiger partial charge in [0.25, 0.3) is 0 Å². The van der Waals surface area contributed by atoms with E-state index in [1.807, 2.05) is 30.3 Å². The van der Waals surface area contributed by atoms with Crippen molar-refractivity contribution in [3.05, 3.63) is 40.5 Å². The Kier molecular flexibility index (Phi) is 2.54. The van der Waals surface area contributed by atoms with Crippen LogP contribution in [0.3, 0.4) is 0 Å². The summed E-state index contributed by atoms with van der Waals surface area (Å²) in [5, 5.41) is 1.24. The number of hydrogen-bond acceptors (Lipinski definition) is 2. The molecule has 0 saturated carbocycles. The van der Waals surface area contributed by atoms with Crippen molar-refractivity contribution in [2.24, 2.45) is 0 Å². The molecular formula is C9H5Cl2NS. The molecule has 0 spiro atoms. The molecule has 0 fully saturated rings. The average molecular weight is 230 g/mol. The molecule has 1 nitrogen and oxygen atoms in total. The van der Waals surface area contributed by atoms with Crippen LogP contribution in [0, 0.1) is 0 Å². The van der Waals surface area contributed by atoms with Crippen LogP contribution < -0.4 is 0 Å². The Morgan fingerprint density at radius 2 is 1.92 bits per heavy atom. The molecule has 0 aliphatic carbocycles. The predicted molar refractivity (Wildman–Crippen MR) is 57.6 cm³/mol. The molecule has 2 aromatic rings. The van der Waals surface area contributed by atoms with Gasteiger partial charge in [0.2, 0.25) is 0 Å². The minimum absolute atomic E-state index is 0.514. The molecule has 0 saturated heterocycles. The van der Waals surface area contributed by atoms with Crippen molar-refractivity contribution in [2.45, 2.75) is 0 Å². The SMILES string of the molecule is Clc1cc(-c2ccccc2Cl)sn1. The molecule has 4 heteroatoms. The summed E-state index contributed by atoms with van der Waals surface area (Å²) in [5.74, 6) is 0. The molecule has 0 N–H and O–H groups in total. The molecule has 0 amide bonds. The van der Waals surface area contributed by atoms with Crippen molar-refractivity contribution in [1.82, 2.24) is 4.37 Å². The normalized spacial score (nSPS) is 10.3. The molecule has 0 aliphatic heterocycles. The van der Waals surface area contributed by atoms with E-state index in [2.05, 4.69) is 4.37 Å². The summed E-state index contributed by atoms with van der Waals surface area (Å²) in [7, 11) is 0. The number of benzene rings is 1. The fourth-order valence-electron chi connectivity index (χ4n) is 1.04. The van der Waals surface area contributed by atoms with Gasteiger partial charge in [0, 0.05) is 10.6 Å². The maximum Gasteiger partial charge on any atom is 0.143 e. The highest BCUT2D eigenvalue weighted by Gasteiger charge is 2.05. The molecule has 0 unspecified atom stereocenters. The maximum atomic E-state index is 6.00. The molecule has 13 heavy (non-hydrogen) atoms. The Balaban J connectivity index is 2.52. The third-order valence-electron chi connectivity index (χ3n) is 1.62. The average Bonchev–Trinajstić information content (AvgIpc) is 2.53. The first-order valence-corrected chi connectivity index (χ1v) is 5.17. The lowest BCUT2D eigenvalue weighted by molar-refractivity contribution is 1.58. The molecule has 66 valence electrons. The largest absolute Gasteiger partial charge is 0.180 e. The van der Waals surface area contributed by atoms with Gasteiger partial charge in [0.1, 0.15) is 5.15 Å². The topological polar surface area (TPSA) is 12.9 Å². The van der Waals surface area contributed by atoms with Crippen LogP contribution >= 0.6 is 34.7 Å². The molecule has 0 aliphatic rings. The first-order valence-electron chi connectivity index (χ1n) is 3.64. The van der Waals surface area contributed by atoms with Crippen molar-refractivity contribution < 1.29 is 0 Å². The monoisotopic (exact) mass is 229 g/mol. The number of hydrogen-bond donors (Lipinski definition) is 0. The maximum absolute atomic E-state index is 6.00. The third-order valence-corrected chi connectivity index (χ3v) is 3.07. The first kappa shape index (κ1) is 9.00. The zero-order valence-electron chi connectivity index (χ0n) is 6.50. The van der Waals surface area contributed by atoms with Crippen molar-refractivity contribution >= 4 is 34.7 Å². The minimum Gasteiger partial charge on any atom is -0.180 e. The molecule has 0 bridgehead atoms. The minimum atomic E-state index is 0.514. The Morgan fingerprint density at radius 3 is 2.54 bits per heavy atom. The van der Waals surface area contributed by atoms with E-state index in [0.29, 0.717) is 5.15 Å². The summed E-state index contributed by atoms with van der Waals surface area (Å²) in [6, 6.07) is 9.45. The van der Waals surface area contributed by atoms with Gasteiger partial charge in [-0.25, -0.2) is 0 Å². The van der Waals surface area contributed by atoms with E-state index in [1.165, 1.54) is 11.5 Å². The number of nitrogens with zero attached hydrogens (tertiary/aromatic N) is 1. The molecule has 0 atom stereocenters. The van der Waals surface area contributed by atoms with E-state index in [9.17, 15) is 0 Å². The number of rotatable bonds is 1. The van der Waals surface area contributed by atoms with Crippen LogP contribution in [0.5, 0.6) is 0 Å². The Labute approximate surface area is 90.1 Å². The molecule has 1 aromatic heterocycles. The zero-order chi connectivity index (χ0) is 9.26. The lowest BCUT2D eigenvalue weighted by Crippen LogP contribution is -1.72. The van der Waals surface area contributed by atoms with E-state index in [1.54, 1.807) is 0 Å². The lowest BCUT2D eigenvalue weighted by atomic mass is 10.2. The predicted octanol–water partition coefficient (Wildman–Crippen LogP) is 4.12. The van der Waals surface area contributed by atoms with Gasteiger partial charge in [-0.1, -0.05) is 41.4 Å². The molecule has 1 heterocycles. The van der Waals surface area contributed by atoms with Crippen molar-refractivity contribution in [1.29, 1.82) is 0 Å². The second-order valence-corrected chi connectivity index (χ2v) is 4.09. The number of halogens is 2. The number of aromatic nitrogens is 1. The quantitative estimate of drug-likeness (QED) is 0.718. The molecule has 2 rings (SSSR count). The first-order chi connectivity index (χ1) is 6.27. The summed E-state index contributed by atoms with van der Waals surface area (Å²) < 4.78 is 3.98. The highest BCUT2D eigenvalue weighted by atomic mass is 35.5. The van der Waals surface area contributed by atoms with E-state index >= 15 is 0 Å². The second-order valence-electron chi connectivity index (χ2n) is 2.49. The fourth-order valence-corrected chi connectivity index (χ4v) is 2.29. The van der Waals surface area contributed by atoms with E-state index < -0.39 is 0 Å².